The number of halogens is 1. The van der Waals surface area contributed by atoms with Crippen LogP contribution in [0.2, 0.25) is 0 Å². The summed E-state index contributed by atoms with van der Waals surface area (Å²) in [5.74, 6) is 0.584. The summed E-state index contributed by atoms with van der Waals surface area (Å²) in [6, 6.07) is 12.1. The highest BCUT2D eigenvalue weighted by molar-refractivity contribution is 5.85. The number of carboxylic acid groups (broad SMARTS) is 1. The van der Waals surface area contributed by atoms with Gasteiger partial charge >= 0.3 is 5.97 Å². The number of rotatable bonds is 10. The molecule has 1 aromatic carbocycles. The number of carbonyl (C=O) groups is 2. The molecule has 0 bridgehead atoms. The van der Waals surface area contributed by atoms with Gasteiger partial charge in [-0.15, -0.1) is 12.4 Å². The van der Waals surface area contributed by atoms with E-state index >= 15 is 0 Å². The van der Waals surface area contributed by atoms with Gasteiger partial charge in [-0.3, -0.25) is 9.59 Å². The molecule has 0 radical (unpaired) electrons. The van der Waals surface area contributed by atoms with Gasteiger partial charge in [-0.1, -0.05) is 43.2 Å². The lowest BCUT2D eigenvalue weighted by Gasteiger charge is -2.33. The van der Waals surface area contributed by atoms with E-state index < -0.39 is 12.0 Å². The van der Waals surface area contributed by atoms with Crippen LogP contribution in [0.25, 0.3) is 0 Å². The Labute approximate surface area is 238 Å². The second-order valence-electron chi connectivity index (χ2n) is 11.4. The van der Waals surface area contributed by atoms with Crippen LogP contribution in [-0.2, 0) is 22.4 Å². The van der Waals surface area contributed by atoms with E-state index in [1.807, 2.05) is 12.1 Å². The fourth-order valence-corrected chi connectivity index (χ4v) is 6.47. The Bertz CT molecular complexity index is 1120. The van der Waals surface area contributed by atoms with Crippen molar-refractivity contribution in [2.45, 2.75) is 82.6 Å². The number of amides is 1. The van der Waals surface area contributed by atoms with Crippen molar-refractivity contribution in [3.63, 3.8) is 0 Å². The molecular weight excluding hydrogens is 512 g/mol. The van der Waals surface area contributed by atoms with Crippen LogP contribution in [0.1, 0.15) is 92.1 Å². The van der Waals surface area contributed by atoms with Gasteiger partial charge in [0.15, 0.2) is 0 Å². The van der Waals surface area contributed by atoms with Gasteiger partial charge in [0, 0.05) is 18.8 Å². The first kappa shape index (κ1) is 29.3. The van der Waals surface area contributed by atoms with E-state index in [1.165, 1.54) is 43.2 Å². The van der Waals surface area contributed by atoms with E-state index in [-0.39, 0.29) is 30.7 Å². The molecule has 1 aromatic heterocycles. The minimum atomic E-state index is -0.891. The van der Waals surface area contributed by atoms with Gasteiger partial charge in [0.05, 0.1) is 18.4 Å². The maximum atomic E-state index is 13.3. The van der Waals surface area contributed by atoms with Gasteiger partial charge < -0.3 is 20.6 Å². The number of fused-ring (bicyclic) bond motifs is 1. The highest BCUT2D eigenvalue weighted by atomic mass is 35.5. The third kappa shape index (κ3) is 7.95. The molecule has 5 rings (SSSR count). The standard InChI is InChI=1S/C31H42N4O3.ClH/c36-29(37)20-28(25-10-3-9-24(19-25)22-7-1-2-8-22)34-31(38)26-12-5-17-35(21-26)18-6-13-27-15-14-23-11-4-16-32-30(23)33-27;/h3,9-10,14-15,19,22,26,28H,1-2,4-8,11-13,16-18,20-21H2,(H,32,33)(H,34,38)(H,36,37);1H/t26-,28+;/m1./s1. The normalized spacial score (nSPS) is 20.4. The number of pyridine rings is 1. The van der Waals surface area contributed by atoms with E-state index in [2.05, 4.69) is 39.8 Å². The number of carboxylic acids is 1. The van der Waals surface area contributed by atoms with Crippen molar-refractivity contribution in [2.75, 3.05) is 31.5 Å². The molecule has 3 aliphatic rings. The van der Waals surface area contributed by atoms with Crippen molar-refractivity contribution in [3.05, 3.63) is 58.8 Å². The van der Waals surface area contributed by atoms with Gasteiger partial charge in [-0.05, 0) is 93.1 Å². The number of piperidine rings is 1. The van der Waals surface area contributed by atoms with Crippen LogP contribution in [0.15, 0.2) is 36.4 Å². The van der Waals surface area contributed by atoms with Gasteiger partial charge in [0.2, 0.25) is 5.91 Å². The van der Waals surface area contributed by atoms with Crippen LogP contribution in [0.5, 0.6) is 0 Å². The molecule has 1 amide bonds. The molecule has 1 saturated carbocycles. The van der Waals surface area contributed by atoms with Gasteiger partial charge in [-0.25, -0.2) is 4.98 Å². The molecule has 7 nitrogen and oxygen atoms in total. The molecule has 2 aromatic rings. The molecule has 2 fully saturated rings. The summed E-state index contributed by atoms with van der Waals surface area (Å²) < 4.78 is 0. The number of aryl methyl sites for hydroxylation is 2. The van der Waals surface area contributed by atoms with Crippen molar-refractivity contribution in [1.29, 1.82) is 0 Å². The van der Waals surface area contributed by atoms with Crippen molar-refractivity contribution >= 4 is 30.1 Å². The Kier molecular flexibility index (Phi) is 10.6. The predicted octanol–water partition coefficient (Wildman–Crippen LogP) is 5.50. The number of aliphatic carboxylic acids is 1. The molecule has 2 atom stereocenters. The first-order valence-corrected chi connectivity index (χ1v) is 14.6. The summed E-state index contributed by atoms with van der Waals surface area (Å²) in [6.07, 6.45) is 10.8. The van der Waals surface area contributed by atoms with Crippen LogP contribution >= 0.6 is 12.4 Å². The second-order valence-corrected chi connectivity index (χ2v) is 11.4. The minimum absolute atomic E-state index is 0. The van der Waals surface area contributed by atoms with Gasteiger partial charge in [0.25, 0.3) is 0 Å². The zero-order chi connectivity index (χ0) is 26.3. The first-order chi connectivity index (χ1) is 18.5. The number of hydrogen-bond donors (Lipinski definition) is 3. The molecule has 0 spiro atoms. The summed E-state index contributed by atoms with van der Waals surface area (Å²) in [5, 5.41) is 16.1. The molecule has 1 saturated heterocycles. The number of anilines is 1. The van der Waals surface area contributed by atoms with Crippen molar-refractivity contribution < 1.29 is 14.7 Å². The molecule has 212 valence electrons. The number of carbonyl (C=O) groups excluding carboxylic acids is 1. The van der Waals surface area contributed by atoms with Crippen LogP contribution < -0.4 is 10.6 Å². The maximum Gasteiger partial charge on any atom is 0.305 e. The number of nitrogens with one attached hydrogen (secondary N) is 2. The summed E-state index contributed by atoms with van der Waals surface area (Å²) in [7, 11) is 0. The van der Waals surface area contributed by atoms with Crippen LogP contribution in [0.3, 0.4) is 0 Å². The lowest BCUT2D eigenvalue weighted by atomic mass is 9.92. The number of benzene rings is 1. The molecule has 2 aliphatic heterocycles. The lowest BCUT2D eigenvalue weighted by Crippen LogP contribution is -2.44. The smallest absolute Gasteiger partial charge is 0.305 e. The average molecular weight is 555 g/mol. The van der Waals surface area contributed by atoms with E-state index in [1.54, 1.807) is 0 Å². The molecule has 3 N–H and O–H groups in total. The third-order valence-electron chi connectivity index (χ3n) is 8.57. The third-order valence-corrected chi connectivity index (χ3v) is 8.57. The molecular formula is C31H43ClN4O3. The lowest BCUT2D eigenvalue weighted by molar-refractivity contribution is -0.138. The van der Waals surface area contributed by atoms with Gasteiger partial charge in [-0.2, -0.15) is 0 Å². The first-order valence-electron chi connectivity index (χ1n) is 14.6. The van der Waals surface area contributed by atoms with Crippen molar-refractivity contribution in [2.24, 2.45) is 5.92 Å². The number of nitrogens with zero attached hydrogens (tertiary/aromatic N) is 2. The molecule has 0 unspecified atom stereocenters. The molecule has 3 heterocycles. The maximum absolute atomic E-state index is 13.3. The van der Waals surface area contributed by atoms with E-state index in [9.17, 15) is 14.7 Å². The zero-order valence-corrected chi connectivity index (χ0v) is 23.7. The van der Waals surface area contributed by atoms with Gasteiger partial charge in [0.1, 0.15) is 5.82 Å². The fraction of sp³-hybridized carbons (Fsp3) is 0.581. The highest BCUT2D eigenvalue weighted by Gasteiger charge is 2.29. The van der Waals surface area contributed by atoms with Crippen LogP contribution in [0, 0.1) is 5.92 Å². The van der Waals surface area contributed by atoms with Crippen molar-refractivity contribution in [3.8, 4) is 0 Å². The Morgan fingerprint density at radius 2 is 1.95 bits per heavy atom. The number of aromatic nitrogens is 1. The molecule has 39 heavy (non-hydrogen) atoms. The Hall–Kier alpha value is -2.64. The predicted molar refractivity (Wildman–Crippen MR) is 157 cm³/mol. The summed E-state index contributed by atoms with van der Waals surface area (Å²) in [5.41, 5.74) is 4.62. The summed E-state index contributed by atoms with van der Waals surface area (Å²) in [6.45, 7) is 3.68. The number of hydrogen-bond acceptors (Lipinski definition) is 5. The zero-order valence-electron chi connectivity index (χ0n) is 22.9. The quantitative estimate of drug-likeness (QED) is 0.359. The van der Waals surface area contributed by atoms with Crippen LogP contribution in [-0.4, -0.2) is 53.0 Å². The Balaban J connectivity index is 0.00000353. The number of likely N-dealkylation sites (tertiary alicyclic amines) is 1. The van der Waals surface area contributed by atoms with Crippen molar-refractivity contribution in [1.82, 2.24) is 15.2 Å². The molecule has 8 heteroatoms. The Morgan fingerprint density at radius 1 is 1.10 bits per heavy atom. The topological polar surface area (TPSA) is 94.6 Å². The summed E-state index contributed by atoms with van der Waals surface area (Å²) >= 11 is 0. The Morgan fingerprint density at radius 3 is 2.77 bits per heavy atom. The SMILES string of the molecule is Cl.O=C(O)C[C@H](NC(=O)[C@@H]1CCCN(CCCc2ccc3c(n2)NCCC3)C1)c1cccc(C2CCCC2)c1. The molecule has 1 aliphatic carbocycles. The largest absolute Gasteiger partial charge is 0.481 e. The monoisotopic (exact) mass is 554 g/mol. The highest BCUT2D eigenvalue weighted by Crippen LogP contribution is 2.35. The van der Waals surface area contributed by atoms with E-state index in [0.29, 0.717) is 5.92 Å². The minimum Gasteiger partial charge on any atom is -0.481 e. The van der Waals surface area contributed by atoms with E-state index in [4.69, 9.17) is 4.98 Å². The summed E-state index contributed by atoms with van der Waals surface area (Å²) in [4.78, 5) is 32.2. The fourth-order valence-electron chi connectivity index (χ4n) is 6.47. The second kappa shape index (κ2) is 14.1. The van der Waals surface area contributed by atoms with Crippen LogP contribution in [0.4, 0.5) is 5.82 Å². The average Bonchev–Trinajstić information content (AvgIpc) is 3.48. The van der Waals surface area contributed by atoms with E-state index in [0.717, 1.165) is 75.4 Å².